The summed E-state index contributed by atoms with van der Waals surface area (Å²) in [5, 5.41) is 11.4. The summed E-state index contributed by atoms with van der Waals surface area (Å²) >= 11 is 0. The SMILES string of the molecule is [2H]c1c2c(c([2H])c(OC([2H])([2H])[2H])c1OC)C1N(CC2)C([2H])([2H])C([2H])(C([2H])([2H])C([2H])(C)C([2H])([2H])[2H])C([2H])(O)C1([2H])[2H]. The largest absolute Gasteiger partial charge is 0.493 e. The van der Waals surface area contributed by atoms with Crippen LogP contribution in [0.3, 0.4) is 0 Å². The Bertz CT molecular complexity index is 1190. The highest BCUT2D eigenvalue weighted by molar-refractivity contribution is 5.49. The number of benzene rings is 1. The van der Waals surface area contributed by atoms with Crippen LogP contribution in [0.25, 0.3) is 0 Å². The predicted octanol–water partition coefficient (Wildman–Crippen LogP) is 3.03. The van der Waals surface area contributed by atoms with E-state index < -0.39 is 92.7 Å². The molecule has 4 atom stereocenters. The summed E-state index contributed by atoms with van der Waals surface area (Å²) in [5.74, 6) is -8.63. The van der Waals surface area contributed by atoms with E-state index in [0.29, 0.717) is 11.8 Å². The van der Waals surface area contributed by atoms with Crippen molar-refractivity contribution in [1.82, 2.24) is 4.90 Å². The van der Waals surface area contributed by atoms with E-state index in [2.05, 4.69) is 0 Å². The second-order valence-electron chi connectivity index (χ2n) is 5.18. The normalized spacial score (nSPS) is 53.3. The number of ether oxygens (including phenoxy) is 2. The van der Waals surface area contributed by atoms with Gasteiger partial charge >= 0.3 is 0 Å². The van der Waals surface area contributed by atoms with Crippen LogP contribution in [0.4, 0.5) is 0 Å². The summed E-state index contributed by atoms with van der Waals surface area (Å²) in [6.45, 7) is -7.11. The molecule has 0 spiro atoms. The van der Waals surface area contributed by atoms with Gasteiger partial charge in [0.15, 0.2) is 11.5 Å². The third kappa shape index (κ3) is 3.20. The van der Waals surface area contributed by atoms with Gasteiger partial charge in [-0.05, 0) is 54.2 Å². The van der Waals surface area contributed by atoms with E-state index in [0.717, 1.165) is 7.11 Å². The highest BCUT2D eigenvalue weighted by Crippen LogP contribution is 2.43. The quantitative estimate of drug-likeness (QED) is 0.918. The molecule has 2 aliphatic rings. The maximum Gasteiger partial charge on any atom is 0.161 e. The van der Waals surface area contributed by atoms with Crippen LogP contribution in [-0.4, -0.2) is 43.3 Å². The molecule has 0 amide bonds. The van der Waals surface area contributed by atoms with Crippen LogP contribution in [0.15, 0.2) is 12.1 Å². The first-order chi connectivity index (χ1) is 17.6. The van der Waals surface area contributed by atoms with Crippen molar-refractivity contribution in [2.24, 2.45) is 11.8 Å². The molecule has 1 fully saturated rings. The maximum absolute atomic E-state index is 11.4. The van der Waals surface area contributed by atoms with Crippen molar-refractivity contribution < 1.29 is 37.9 Å². The van der Waals surface area contributed by atoms with Gasteiger partial charge in [-0.25, -0.2) is 0 Å². The number of hydrogen-bond donors (Lipinski definition) is 1. The van der Waals surface area contributed by atoms with Crippen molar-refractivity contribution in [2.75, 3.05) is 27.2 Å². The van der Waals surface area contributed by atoms with E-state index in [4.69, 9.17) is 32.8 Å². The Labute approximate surface area is 163 Å². The standard InChI is InChI=1S/C19H29NO3/c1-12(2)7-14-11-20-6-5-13-8-18(22-3)19(23-4)9-15(13)16(20)10-17(14)21/h8-9,12,14,16-17,21H,5-7,10-11H2,1-4H3/i1D3,4D3,7D2,8D,9D,10D2,11D2,12D,14D,17D. The lowest BCUT2D eigenvalue weighted by Crippen LogP contribution is -2.48. The Hall–Kier alpha value is -1.26. The molecule has 1 aromatic rings. The third-order valence-corrected chi connectivity index (χ3v) is 3.62. The summed E-state index contributed by atoms with van der Waals surface area (Å²) in [7, 11) is -2.10. The Morgan fingerprint density at radius 1 is 1.61 bits per heavy atom. The van der Waals surface area contributed by atoms with Gasteiger partial charge in [-0.1, -0.05) is 13.8 Å². The van der Waals surface area contributed by atoms with E-state index >= 15 is 0 Å². The molecule has 0 bridgehead atoms. The van der Waals surface area contributed by atoms with Gasteiger partial charge in [0.25, 0.3) is 0 Å². The molecular weight excluding hydrogens is 290 g/mol. The second-order valence-corrected chi connectivity index (χ2v) is 5.18. The molecule has 0 aromatic heterocycles. The summed E-state index contributed by atoms with van der Waals surface area (Å²) in [6.07, 6.45) is -12.0. The molecule has 4 heteroatoms. The van der Waals surface area contributed by atoms with Crippen LogP contribution >= 0.6 is 0 Å². The zero-order chi connectivity index (χ0) is 31.4. The number of hydrogen-bond acceptors (Lipinski definition) is 4. The zero-order valence-electron chi connectivity index (χ0n) is 29.7. The summed E-state index contributed by atoms with van der Waals surface area (Å²) in [6, 6.07) is -3.58. The number of piperidine rings is 1. The first-order valence-corrected chi connectivity index (χ1v) is 6.97. The van der Waals surface area contributed by atoms with Crippen LogP contribution in [0.1, 0.15) is 67.0 Å². The molecule has 23 heavy (non-hydrogen) atoms. The van der Waals surface area contributed by atoms with Crippen molar-refractivity contribution in [3.05, 3.63) is 23.2 Å². The van der Waals surface area contributed by atoms with Crippen molar-refractivity contribution >= 4 is 0 Å². The first-order valence-electron chi connectivity index (χ1n) is 15.5. The van der Waals surface area contributed by atoms with Gasteiger partial charge in [-0.3, -0.25) is 4.90 Å². The number of fused-ring (bicyclic) bond motifs is 3. The van der Waals surface area contributed by atoms with Gasteiger partial charge in [0.1, 0.15) is 0 Å². The summed E-state index contributed by atoms with van der Waals surface area (Å²) in [4.78, 5) is 0.543. The van der Waals surface area contributed by atoms with Gasteiger partial charge in [0, 0.05) is 34.2 Å². The lowest BCUT2D eigenvalue weighted by molar-refractivity contribution is -0.0191. The molecule has 2 aliphatic heterocycles. The van der Waals surface area contributed by atoms with Crippen LogP contribution in [-0.2, 0) is 6.42 Å². The van der Waals surface area contributed by atoms with Gasteiger partial charge in [-0.2, -0.15) is 0 Å². The number of rotatable bonds is 4. The molecule has 1 aromatic carbocycles. The van der Waals surface area contributed by atoms with E-state index in [1.807, 2.05) is 0 Å². The fraction of sp³-hybridized carbons (Fsp3) is 0.684. The van der Waals surface area contributed by atoms with Crippen molar-refractivity contribution in [3.63, 3.8) is 0 Å². The molecule has 3 rings (SSSR count). The third-order valence-electron chi connectivity index (χ3n) is 3.62. The Morgan fingerprint density at radius 3 is 3.17 bits per heavy atom. The first kappa shape index (κ1) is 5.63. The average Bonchev–Trinajstić information content (AvgIpc) is 2.78. The fourth-order valence-electron chi connectivity index (χ4n) is 2.62. The highest BCUT2D eigenvalue weighted by atomic mass is 16.5. The molecule has 0 radical (unpaired) electrons. The van der Waals surface area contributed by atoms with Crippen LogP contribution in [0.2, 0.25) is 0 Å². The number of nitrogens with zero attached hydrogens (tertiary/aromatic N) is 1. The maximum atomic E-state index is 11.4. The minimum atomic E-state index is -4.13. The van der Waals surface area contributed by atoms with Crippen LogP contribution in [0.5, 0.6) is 11.5 Å². The molecule has 1 N–H and O–H groups in total. The number of aliphatic hydroxyl groups is 1. The van der Waals surface area contributed by atoms with Crippen molar-refractivity contribution in [1.29, 1.82) is 0 Å². The molecule has 0 saturated carbocycles. The molecule has 0 aliphatic carbocycles. The van der Waals surface area contributed by atoms with E-state index in [1.54, 1.807) is 0 Å². The lowest BCUT2D eigenvalue weighted by Gasteiger charge is -2.46. The molecule has 4 nitrogen and oxygen atoms in total. The van der Waals surface area contributed by atoms with Crippen LogP contribution < -0.4 is 9.47 Å². The predicted molar refractivity (Wildman–Crippen MR) is 91.1 cm³/mol. The van der Waals surface area contributed by atoms with Crippen molar-refractivity contribution in [3.8, 4) is 11.5 Å². The summed E-state index contributed by atoms with van der Waals surface area (Å²) < 4.78 is 150. The zero-order valence-corrected chi connectivity index (χ0v) is 12.7. The Balaban J connectivity index is 2.43. The molecular formula is C19H29NO3. The second kappa shape index (κ2) is 6.70. The molecule has 2 heterocycles. The van der Waals surface area contributed by atoms with Gasteiger partial charge in [0.2, 0.25) is 0 Å². The minimum absolute atomic E-state index is 0.121. The fourth-order valence-corrected chi connectivity index (χ4v) is 2.62. The van der Waals surface area contributed by atoms with Gasteiger partial charge in [0.05, 0.1) is 28.5 Å². The van der Waals surface area contributed by atoms with E-state index in [1.165, 1.54) is 0 Å². The van der Waals surface area contributed by atoms with Gasteiger partial charge < -0.3 is 14.6 Å². The highest BCUT2D eigenvalue weighted by Gasteiger charge is 2.38. The monoisotopic (exact) mass is 336 g/mol. The smallest absolute Gasteiger partial charge is 0.161 e. The summed E-state index contributed by atoms with van der Waals surface area (Å²) in [5.41, 5.74) is -0.673. The molecule has 1 saturated heterocycles. The minimum Gasteiger partial charge on any atom is -0.493 e. The van der Waals surface area contributed by atoms with E-state index in [-0.39, 0.29) is 12.0 Å². The Morgan fingerprint density at radius 2 is 2.43 bits per heavy atom. The topological polar surface area (TPSA) is 41.9 Å². The Kier molecular flexibility index (Phi) is 1.64. The molecule has 4 unspecified atom stereocenters. The van der Waals surface area contributed by atoms with Gasteiger partial charge in [-0.15, -0.1) is 0 Å². The molecule has 128 valence electrons. The van der Waals surface area contributed by atoms with Crippen LogP contribution in [0, 0.1) is 11.8 Å². The van der Waals surface area contributed by atoms with E-state index in [9.17, 15) is 5.11 Å². The number of methoxy groups -OCH3 is 2. The van der Waals surface area contributed by atoms with Crippen molar-refractivity contribution in [2.45, 2.75) is 45.1 Å². The lowest BCUT2D eigenvalue weighted by atomic mass is 9.79. The average molecular weight is 337 g/mol.